The maximum Gasteiger partial charge on any atom is 0.320 e. The molecule has 1 atom stereocenters. The van der Waals surface area contributed by atoms with Gasteiger partial charge in [-0.25, -0.2) is 0 Å². The molecule has 0 aliphatic rings. The summed E-state index contributed by atoms with van der Waals surface area (Å²) in [5.74, 6) is -1.71. The van der Waals surface area contributed by atoms with E-state index in [0.717, 1.165) is 0 Å². The molecule has 0 spiro atoms. The minimum Gasteiger partial charge on any atom is -0.480 e. The minimum atomic E-state index is -2.75. The fraction of sp³-hybridized carbons (Fsp3) is 0.182. The zero-order chi connectivity index (χ0) is 13.6. The van der Waals surface area contributed by atoms with Gasteiger partial charge < -0.3 is 15.8 Å². The highest BCUT2D eigenvalue weighted by Gasteiger charge is 2.14. The molecule has 0 fully saturated rings. The Morgan fingerprint density at radius 1 is 1.67 bits per heavy atom. The topological polar surface area (TPSA) is 79.1 Å². The van der Waals surface area contributed by atoms with Gasteiger partial charge in [0.05, 0.1) is 1.37 Å². The number of nitrogens with two attached hydrogens (primary N) is 1. The van der Waals surface area contributed by atoms with Crippen molar-refractivity contribution in [1.29, 1.82) is 0 Å². The van der Waals surface area contributed by atoms with Crippen LogP contribution in [0, 0.1) is 0 Å². The quantitative estimate of drug-likeness (QED) is 0.705. The second-order valence-corrected chi connectivity index (χ2v) is 3.09. The summed E-state index contributed by atoms with van der Waals surface area (Å²) < 4.78 is 23.2. The first-order valence-corrected chi connectivity index (χ1v) is 4.37. The molecule has 0 saturated heterocycles. The summed E-state index contributed by atoms with van der Waals surface area (Å²) in [6.07, 6.45) is -1.16. The summed E-state index contributed by atoms with van der Waals surface area (Å²) in [5, 5.41) is 9.40. The van der Waals surface area contributed by atoms with Crippen LogP contribution >= 0.6 is 0 Å². The molecule has 2 rings (SSSR count). The summed E-state index contributed by atoms with van der Waals surface area (Å²) in [4.78, 5) is 13.8. The molecule has 0 bridgehead atoms. The molecule has 1 heterocycles. The lowest BCUT2D eigenvalue weighted by molar-refractivity contribution is -0.138. The molecule has 4 nitrogen and oxygen atoms in total. The van der Waals surface area contributed by atoms with Crippen molar-refractivity contribution in [3.63, 3.8) is 0 Å². The molecule has 1 aromatic heterocycles. The van der Waals surface area contributed by atoms with Crippen LogP contribution in [0.1, 0.15) is 9.68 Å². The van der Waals surface area contributed by atoms with Gasteiger partial charge in [-0.05, 0) is 11.6 Å². The van der Waals surface area contributed by atoms with Crippen molar-refractivity contribution in [3.8, 4) is 0 Å². The molecule has 1 unspecified atom stereocenters. The van der Waals surface area contributed by atoms with Gasteiger partial charge in [-0.1, -0.05) is 18.2 Å². The Kier molecular flexibility index (Phi) is 1.66. The predicted octanol–water partition coefficient (Wildman–Crippen LogP) is 1.12. The lowest BCUT2D eigenvalue weighted by Crippen LogP contribution is -2.32. The van der Waals surface area contributed by atoms with Crippen molar-refractivity contribution in [1.82, 2.24) is 4.98 Å². The molecular formula is C11H12N2O2. The average Bonchev–Trinajstić information content (AvgIpc) is 2.72. The van der Waals surface area contributed by atoms with Gasteiger partial charge >= 0.3 is 5.97 Å². The van der Waals surface area contributed by atoms with Crippen molar-refractivity contribution in [2.45, 2.75) is 12.4 Å². The van der Waals surface area contributed by atoms with E-state index in [-0.39, 0.29) is 5.56 Å². The van der Waals surface area contributed by atoms with Gasteiger partial charge in [0.2, 0.25) is 0 Å². The van der Waals surface area contributed by atoms with Crippen LogP contribution in [0.4, 0.5) is 0 Å². The molecule has 0 radical (unpaired) electrons. The van der Waals surface area contributed by atoms with Crippen LogP contribution < -0.4 is 5.73 Å². The zero-order valence-corrected chi connectivity index (χ0v) is 7.82. The third kappa shape index (κ3) is 1.85. The number of aliphatic carboxylic acids is 1. The monoisotopic (exact) mass is 207 g/mol. The molecule has 0 saturated carbocycles. The Morgan fingerprint density at radius 2 is 2.40 bits per heavy atom. The number of carboxylic acid groups (broad SMARTS) is 1. The van der Waals surface area contributed by atoms with E-state index in [4.69, 9.17) is 15.0 Å². The highest BCUT2D eigenvalue weighted by molar-refractivity contribution is 5.84. The van der Waals surface area contributed by atoms with Gasteiger partial charge in [0.15, 0.2) is 0 Å². The second-order valence-electron chi connectivity index (χ2n) is 3.09. The number of benzene rings is 1. The third-order valence-corrected chi connectivity index (χ3v) is 2.09. The highest BCUT2D eigenvalue weighted by atomic mass is 16.4. The summed E-state index contributed by atoms with van der Waals surface area (Å²) in [7, 11) is 0. The SMILES string of the molecule is [2H]C(N)(C(=O)O)C([2H])([2H])c1c[nH]c2ccccc12. The van der Waals surface area contributed by atoms with Crippen LogP contribution in [-0.2, 0) is 11.2 Å². The second kappa shape index (κ2) is 3.74. The fourth-order valence-corrected chi connectivity index (χ4v) is 1.37. The molecule has 1 aromatic carbocycles. The number of para-hydroxylation sites is 1. The van der Waals surface area contributed by atoms with Gasteiger partial charge in [-0.2, -0.15) is 0 Å². The number of carbonyl (C=O) groups is 1. The van der Waals surface area contributed by atoms with Crippen LogP contribution in [0.25, 0.3) is 10.9 Å². The molecule has 4 heteroatoms. The summed E-state index contributed by atoms with van der Waals surface area (Å²) >= 11 is 0. The standard InChI is InChI=1S/C11H12N2O2/c12-9(11(14)15)5-7-6-13-10-4-2-1-3-8(7)10/h1-4,6,9,13H,5,12H2,(H,14,15)/i5D2,9D. The molecule has 0 amide bonds. The number of aromatic amines is 1. The Morgan fingerprint density at radius 3 is 3.13 bits per heavy atom. The van der Waals surface area contributed by atoms with Crippen molar-refractivity contribution in [2.75, 3.05) is 0 Å². The molecular weight excluding hydrogens is 192 g/mol. The third-order valence-electron chi connectivity index (χ3n) is 2.09. The lowest BCUT2D eigenvalue weighted by Gasteiger charge is -2.04. The zero-order valence-electron chi connectivity index (χ0n) is 10.8. The first-order valence-electron chi connectivity index (χ1n) is 5.87. The normalized spacial score (nSPS) is 18.9. The van der Waals surface area contributed by atoms with Crippen LogP contribution in [0.5, 0.6) is 0 Å². The van der Waals surface area contributed by atoms with E-state index in [9.17, 15) is 4.79 Å². The lowest BCUT2D eigenvalue weighted by atomic mass is 10.1. The molecule has 0 aliphatic heterocycles. The molecule has 0 aliphatic carbocycles. The minimum absolute atomic E-state index is 0.0676. The molecule has 15 heavy (non-hydrogen) atoms. The van der Waals surface area contributed by atoms with E-state index in [1.165, 1.54) is 6.20 Å². The number of H-pyrrole nitrogens is 1. The van der Waals surface area contributed by atoms with Crippen LogP contribution in [0.2, 0.25) is 0 Å². The van der Waals surface area contributed by atoms with E-state index in [1.807, 2.05) is 0 Å². The van der Waals surface area contributed by atoms with Crippen LogP contribution in [0.3, 0.4) is 0 Å². The summed E-state index contributed by atoms with van der Waals surface area (Å²) in [6, 6.07) is 4.11. The van der Waals surface area contributed by atoms with Crippen molar-refractivity contribution in [3.05, 3.63) is 36.0 Å². The van der Waals surface area contributed by atoms with Crippen LogP contribution in [-0.4, -0.2) is 22.1 Å². The molecule has 78 valence electrons. The first kappa shape index (κ1) is 6.63. The number of rotatable bonds is 3. The predicted molar refractivity (Wildman–Crippen MR) is 57.6 cm³/mol. The Labute approximate surface area is 90.9 Å². The Hall–Kier alpha value is -1.81. The van der Waals surface area contributed by atoms with Crippen LogP contribution in [0.15, 0.2) is 30.5 Å². The summed E-state index contributed by atoms with van der Waals surface area (Å²) in [5.41, 5.74) is 6.03. The van der Waals surface area contributed by atoms with Crippen molar-refractivity contribution < 1.29 is 14.0 Å². The van der Waals surface area contributed by atoms with Gasteiger partial charge in [-0.15, -0.1) is 0 Å². The number of fused-ring (bicyclic) bond motifs is 1. The van der Waals surface area contributed by atoms with E-state index >= 15 is 0 Å². The Balaban J connectivity index is 2.64. The number of hydrogen-bond acceptors (Lipinski definition) is 2. The fourth-order valence-electron chi connectivity index (χ4n) is 1.37. The van der Waals surface area contributed by atoms with Gasteiger partial charge in [0, 0.05) is 26.2 Å². The molecule has 2 aromatic rings. The van der Waals surface area contributed by atoms with Crippen molar-refractivity contribution >= 4 is 16.9 Å². The van der Waals surface area contributed by atoms with Gasteiger partial charge in [0.25, 0.3) is 0 Å². The van der Waals surface area contributed by atoms with Gasteiger partial charge in [0.1, 0.15) is 6.02 Å². The largest absolute Gasteiger partial charge is 0.480 e. The van der Waals surface area contributed by atoms with Crippen molar-refractivity contribution in [2.24, 2.45) is 5.73 Å². The van der Waals surface area contributed by atoms with E-state index in [2.05, 4.69) is 4.98 Å². The smallest absolute Gasteiger partial charge is 0.320 e. The average molecular weight is 207 g/mol. The van der Waals surface area contributed by atoms with Gasteiger partial charge in [-0.3, -0.25) is 4.79 Å². The maximum absolute atomic E-state index is 10.9. The number of hydrogen-bond donors (Lipinski definition) is 3. The number of carboxylic acids is 1. The number of nitrogens with one attached hydrogen (secondary N) is 1. The van der Waals surface area contributed by atoms with E-state index in [1.54, 1.807) is 24.3 Å². The van der Waals surface area contributed by atoms with E-state index < -0.39 is 18.4 Å². The summed E-state index contributed by atoms with van der Waals surface area (Å²) in [6.45, 7) is 0. The number of aromatic nitrogens is 1. The first-order chi connectivity index (χ1) is 8.28. The Bertz CT molecular complexity index is 607. The maximum atomic E-state index is 10.9. The molecule has 4 N–H and O–H groups in total. The highest BCUT2D eigenvalue weighted by Crippen LogP contribution is 2.18. The van der Waals surface area contributed by atoms with E-state index in [0.29, 0.717) is 10.9 Å².